The maximum Gasteiger partial charge on any atom is 0.319 e. The number of para-hydroxylation sites is 1. The molecule has 9 heteroatoms. The lowest BCUT2D eigenvalue weighted by molar-refractivity contribution is -0.117. The predicted octanol–water partition coefficient (Wildman–Crippen LogP) is 4.54. The summed E-state index contributed by atoms with van der Waals surface area (Å²) < 4.78 is 6.03. The van der Waals surface area contributed by atoms with Gasteiger partial charge >= 0.3 is 6.03 Å². The van der Waals surface area contributed by atoms with Crippen LogP contribution < -0.4 is 26.0 Å². The topological polar surface area (TPSA) is 108 Å². The average Bonchev–Trinajstić information content (AvgIpc) is 3.02. The molecule has 4 N–H and O–H groups in total. The van der Waals surface area contributed by atoms with Gasteiger partial charge < -0.3 is 26.0 Å². The fourth-order valence-corrected chi connectivity index (χ4v) is 4.86. The number of urea groups is 1. The Bertz CT molecular complexity index is 1460. The molecule has 1 fully saturated rings. The number of nitrogens with one attached hydrogen (secondary N) is 4. The summed E-state index contributed by atoms with van der Waals surface area (Å²) in [6, 6.07) is 26.9. The lowest BCUT2D eigenvalue weighted by atomic mass is 9.96. The highest BCUT2D eigenvalue weighted by Crippen LogP contribution is 2.31. The molecular formula is C33H36N6O3. The fourth-order valence-electron chi connectivity index (χ4n) is 4.86. The molecule has 3 aromatic carbocycles. The maximum absolute atomic E-state index is 12.8. The van der Waals surface area contributed by atoms with Crippen molar-refractivity contribution in [1.82, 2.24) is 20.5 Å². The number of hydrogen-bond acceptors (Lipinski definition) is 6. The molecule has 4 aromatic rings. The Kier molecular flexibility index (Phi) is 10.1. The molecule has 0 unspecified atom stereocenters. The summed E-state index contributed by atoms with van der Waals surface area (Å²) in [6.07, 6.45) is 4.11. The second kappa shape index (κ2) is 14.8. The monoisotopic (exact) mass is 564 g/mol. The fraction of sp³-hybridized carbons (Fsp3) is 0.242. The summed E-state index contributed by atoms with van der Waals surface area (Å²) in [5.74, 6) is 0.712. The van der Waals surface area contributed by atoms with E-state index in [1.165, 1.54) is 0 Å². The van der Waals surface area contributed by atoms with Gasteiger partial charge in [-0.1, -0.05) is 48.5 Å². The third-order valence-electron chi connectivity index (χ3n) is 7.01. The van der Waals surface area contributed by atoms with Crippen molar-refractivity contribution in [2.75, 3.05) is 50.0 Å². The van der Waals surface area contributed by atoms with Crippen LogP contribution in [0, 0.1) is 0 Å². The molecule has 0 atom stereocenters. The zero-order valence-corrected chi connectivity index (χ0v) is 23.5. The van der Waals surface area contributed by atoms with Crippen molar-refractivity contribution in [2.45, 2.75) is 13.0 Å². The van der Waals surface area contributed by atoms with Gasteiger partial charge in [0.2, 0.25) is 5.91 Å². The van der Waals surface area contributed by atoms with Crippen molar-refractivity contribution in [1.29, 1.82) is 0 Å². The number of ether oxygens (including phenoxy) is 1. The molecule has 3 amide bonds. The van der Waals surface area contributed by atoms with Crippen molar-refractivity contribution in [3.63, 3.8) is 0 Å². The first-order chi connectivity index (χ1) is 20.6. The van der Waals surface area contributed by atoms with E-state index in [9.17, 15) is 9.59 Å². The average molecular weight is 565 g/mol. The Morgan fingerprint density at radius 1 is 0.857 bits per heavy atom. The van der Waals surface area contributed by atoms with Crippen LogP contribution in [0.1, 0.15) is 11.1 Å². The normalized spacial score (nSPS) is 13.2. The molecule has 9 nitrogen and oxygen atoms in total. The summed E-state index contributed by atoms with van der Waals surface area (Å²) in [6.45, 7) is 4.83. The maximum atomic E-state index is 12.8. The van der Waals surface area contributed by atoms with Crippen LogP contribution in [0.5, 0.6) is 5.75 Å². The summed E-state index contributed by atoms with van der Waals surface area (Å²) >= 11 is 0. The van der Waals surface area contributed by atoms with Crippen LogP contribution in [0.25, 0.3) is 11.1 Å². The first kappa shape index (κ1) is 28.8. The summed E-state index contributed by atoms with van der Waals surface area (Å²) in [5, 5.41) is 12.1. The van der Waals surface area contributed by atoms with Crippen LogP contribution in [0.3, 0.4) is 0 Å². The van der Waals surface area contributed by atoms with E-state index < -0.39 is 0 Å². The number of aromatic nitrogens is 1. The van der Waals surface area contributed by atoms with Crippen LogP contribution in [-0.2, 0) is 17.8 Å². The number of piperazine rings is 1. The number of anilines is 2. The Morgan fingerprint density at radius 3 is 2.40 bits per heavy atom. The Balaban J connectivity index is 1.14. The zero-order chi connectivity index (χ0) is 29.0. The number of pyridine rings is 1. The minimum absolute atomic E-state index is 0.00548. The molecule has 1 aromatic heterocycles. The van der Waals surface area contributed by atoms with Crippen molar-refractivity contribution >= 4 is 23.3 Å². The molecule has 5 rings (SSSR count). The SMILES string of the molecule is O=C(CN1CCNCC1)Nc1ccccc1-c1ccccc1CCOc1ccc(NC(=O)NCc2cccnc2)cc1. The molecule has 0 aliphatic carbocycles. The molecule has 0 saturated carbocycles. The first-order valence-corrected chi connectivity index (χ1v) is 14.2. The number of amides is 3. The molecule has 1 aliphatic heterocycles. The molecular weight excluding hydrogens is 528 g/mol. The molecule has 2 heterocycles. The highest BCUT2D eigenvalue weighted by molar-refractivity contribution is 5.97. The van der Waals surface area contributed by atoms with Gasteiger partial charge in [-0.15, -0.1) is 0 Å². The zero-order valence-electron chi connectivity index (χ0n) is 23.5. The third kappa shape index (κ3) is 8.39. The van der Waals surface area contributed by atoms with Gasteiger partial charge in [-0.05, 0) is 53.1 Å². The van der Waals surface area contributed by atoms with Crippen molar-refractivity contribution in [3.05, 3.63) is 108 Å². The Labute approximate surface area is 246 Å². The van der Waals surface area contributed by atoms with Gasteiger partial charge in [0.05, 0.1) is 13.2 Å². The molecule has 42 heavy (non-hydrogen) atoms. The first-order valence-electron chi connectivity index (χ1n) is 14.2. The number of nitrogens with zero attached hydrogens (tertiary/aromatic N) is 2. The molecule has 0 bridgehead atoms. The number of rotatable bonds is 11. The van der Waals surface area contributed by atoms with Gasteiger partial charge in [-0.2, -0.15) is 0 Å². The van der Waals surface area contributed by atoms with E-state index in [4.69, 9.17) is 4.74 Å². The van der Waals surface area contributed by atoms with Gasteiger partial charge in [0.1, 0.15) is 5.75 Å². The van der Waals surface area contributed by atoms with Gasteiger partial charge in [0.25, 0.3) is 0 Å². The van der Waals surface area contributed by atoms with Gasteiger partial charge in [0.15, 0.2) is 0 Å². The largest absolute Gasteiger partial charge is 0.493 e. The smallest absolute Gasteiger partial charge is 0.319 e. The van der Waals surface area contributed by atoms with Crippen LogP contribution in [-0.4, -0.2) is 61.2 Å². The van der Waals surface area contributed by atoms with E-state index in [2.05, 4.69) is 43.3 Å². The van der Waals surface area contributed by atoms with Crippen molar-refractivity contribution in [2.24, 2.45) is 0 Å². The van der Waals surface area contributed by atoms with Crippen molar-refractivity contribution < 1.29 is 14.3 Å². The van der Waals surface area contributed by atoms with Crippen molar-refractivity contribution in [3.8, 4) is 16.9 Å². The number of benzene rings is 3. The number of carbonyl (C=O) groups is 2. The quantitative estimate of drug-likeness (QED) is 0.213. The standard InChI is InChI=1S/C33H36N6O3/c40-32(24-39-19-17-34-18-20-39)38-31-10-4-3-9-30(31)29-8-2-1-7-26(29)15-21-42-28-13-11-27(12-14-28)37-33(41)36-23-25-6-5-16-35-22-25/h1-14,16,22,34H,15,17-21,23-24H2,(H,38,40)(H2,36,37,41). The minimum Gasteiger partial charge on any atom is -0.493 e. The molecule has 216 valence electrons. The van der Waals surface area contributed by atoms with E-state index in [0.717, 1.165) is 59.9 Å². The van der Waals surface area contributed by atoms with Gasteiger partial charge in [-0.25, -0.2) is 4.79 Å². The highest BCUT2D eigenvalue weighted by atomic mass is 16.5. The molecule has 0 radical (unpaired) electrons. The predicted molar refractivity (Wildman–Crippen MR) is 166 cm³/mol. The van der Waals surface area contributed by atoms with Gasteiger partial charge in [0, 0.05) is 68.5 Å². The summed E-state index contributed by atoms with van der Waals surface area (Å²) in [5.41, 5.74) is 5.59. The second-order valence-corrected chi connectivity index (χ2v) is 10.1. The third-order valence-corrected chi connectivity index (χ3v) is 7.01. The molecule has 1 aliphatic rings. The van der Waals surface area contributed by atoms with E-state index in [1.54, 1.807) is 12.4 Å². The summed E-state index contributed by atoms with van der Waals surface area (Å²) in [4.78, 5) is 31.3. The van der Waals surface area contributed by atoms with Crippen LogP contribution in [0.15, 0.2) is 97.3 Å². The highest BCUT2D eigenvalue weighted by Gasteiger charge is 2.16. The lowest BCUT2D eigenvalue weighted by Crippen LogP contribution is -2.46. The Morgan fingerprint density at radius 2 is 1.62 bits per heavy atom. The van der Waals surface area contributed by atoms with E-state index >= 15 is 0 Å². The molecule has 0 spiro atoms. The van der Waals surface area contributed by atoms with Crippen LogP contribution in [0.2, 0.25) is 0 Å². The summed E-state index contributed by atoms with van der Waals surface area (Å²) in [7, 11) is 0. The van der Waals surface area contributed by atoms with E-state index in [1.807, 2.05) is 72.8 Å². The number of carbonyl (C=O) groups excluding carboxylic acids is 2. The number of hydrogen-bond donors (Lipinski definition) is 4. The van der Waals surface area contributed by atoms with Gasteiger partial charge in [-0.3, -0.25) is 14.7 Å². The van der Waals surface area contributed by atoms with Crippen LogP contribution >= 0.6 is 0 Å². The minimum atomic E-state index is -0.288. The lowest BCUT2D eigenvalue weighted by Gasteiger charge is -2.26. The second-order valence-electron chi connectivity index (χ2n) is 10.1. The Hall–Kier alpha value is -4.73. The molecule has 1 saturated heterocycles. The van der Waals surface area contributed by atoms with E-state index in [0.29, 0.717) is 31.8 Å². The van der Waals surface area contributed by atoms with E-state index in [-0.39, 0.29) is 11.9 Å². The van der Waals surface area contributed by atoms with Crippen LogP contribution in [0.4, 0.5) is 16.2 Å².